The van der Waals surface area contributed by atoms with Gasteiger partial charge in [-0.25, -0.2) is 4.98 Å². The molecule has 49 heavy (non-hydrogen) atoms. The Morgan fingerprint density at radius 1 is 0.939 bits per heavy atom. The van der Waals surface area contributed by atoms with Crippen LogP contribution in [0, 0.1) is 10.1 Å². The van der Waals surface area contributed by atoms with E-state index in [9.17, 15) is 24.5 Å². The molecule has 1 unspecified atom stereocenters. The highest BCUT2D eigenvalue weighted by Gasteiger charge is 2.18. The first-order chi connectivity index (χ1) is 23.7. The Hall–Kier alpha value is -5.79. The number of thioether (sulfide) groups is 1. The number of nitrogens with zero attached hydrogens (tertiary/aromatic N) is 2. The number of rotatable bonds is 13. The molecule has 5 aromatic rings. The lowest BCUT2D eigenvalue weighted by Crippen LogP contribution is -2.30. The van der Waals surface area contributed by atoms with Crippen molar-refractivity contribution in [3.63, 3.8) is 0 Å². The van der Waals surface area contributed by atoms with Crippen LogP contribution in [0.2, 0.25) is 0 Å². The summed E-state index contributed by atoms with van der Waals surface area (Å²) in [6.07, 6.45) is 1.44. The van der Waals surface area contributed by atoms with Crippen LogP contribution >= 0.6 is 23.1 Å². The number of nitro benzene ring substituents is 1. The Kier molecular flexibility index (Phi) is 11.5. The van der Waals surface area contributed by atoms with E-state index in [4.69, 9.17) is 4.74 Å². The lowest BCUT2D eigenvalue weighted by Gasteiger charge is -2.13. The SMILES string of the molecule is CCOc1ccc(-c2csc(NC(=O)C(C)Sc3ccc(NC(=O)/C(=C/c4ccc([N+](=O)[O-])cc4)NC(=O)c4ccccc4)cc3)n2)cc1. The summed E-state index contributed by atoms with van der Waals surface area (Å²) in [5.74, 6) is -0.507. The Labute approximate surface area is 290 Å². The molecule has 1 heterocycles. The van der Waals surface area contributed by atoms with Crippen molar-refractivity contribution in [2.75, 3.05) is 17.2 Å². The number of hydrogen-bond donors (Lipinski definition) is 3. The van der Waals surface area contributed by atoms with Crippen LogP contribution in [0.25, 0.3) is 17.3 Å². The maximum absolute atomic E-state index is 13.3. The highest BCUT2D eigenvalue weighted by molar-refractivity contribution is 8.00. The molecular weight excluding hydrogens is 663 g/mol. The average molecular weight is 694 g/mol. The largest absolute Gasteiger partial charge is 0.494 e. The van der Waals surface area contributed by atoms with E-state index >= 15 is 0 Å². The summed E-state index contributed by atoms with van der Waals surface area (Å²) < 4.78 is 5.49. The van der Waals surface area contributed by atoms with Gasteiger partial charge in [-0.2, -0.15) is 0 Å². The fourth-order valence-corrected chi connectivity index (χ4v) is 6.02. The van der Waals surface area contributed by atoms with Crippen molar-refractivity contribution in [1.82, 2.24) is 10.3 Å². The molecule has 0 bridgehead atoms. The molecule has 0 aliphatic carbocycles. The van der Waals surface area contributed by atoms with E-state index in [1.54, 1.807) is 61.5 Å². The van der Waals surface area contributed by atoms with Gasteiger partial charge in [0.25, 0.3) is 17.5 Å². The van der Waals surface area contributed by atoms with Crippen molar-refractivity contribution in [3.8, 4) is 17.0 Å². The fourth-order valence-electron chi connectivity index (χ4n) is 4.43. The van der Waals surface area contributed by atoms with Crippen LogP contribution < -0.4 is 20.7 Å². The summed E-state index contributed by atoms with van der Waals surface area (Å²) in [4.78, 5) is 55.1. The molecule has 0 saturated heterocycles. The van der Waals surface area contributed by atoms with E-state index in [1.807, 2.05) is 36.6 Å². The normalized spacial score (nSPS) is 11.7. The minimum atomic E-state index is -0.594. The molecule has 4 aromatic carbocycles. The first-order valence-electron chi connectivity index (χ1n) is 15.1. The monoisotopic (exact) mass is 693 g/mol. The zero-order valence-electron chi connectivity index (χ0n) is 26.4. The molecule has 248 valence electrons. The topological polar surface area (TPSA) is 153 Å². The number of anilines is 2. The molecule has 3 amide bonds. The second kappa shape index (κ2) is 16.4. The summed E-state index contributed by atoms with van der Waals surface area (Å²) in [5.41, 5.74) is 2.81. The quantitative estimate of drug-likeness (QED) is 0.0492. The molecule has 0 radical (unpaired) electrons. The van der Waals surface area contributed by atoms with E-state index in [2.05, 4.69) is 20.9 Å². The Morgan fingerprint density at radius 3 is 2.29 bits per heavy atom. The number of nitrogens with one attached hydrogen (secondary N) is 3. The van der Waals surface area contributed by atoms with E-state index in [0.717, 1.165) is 21.9 Å². The van der Waals surface area contributed by atoms with Crippen molar-refractivity contribution in [2.24, 2.45) is 0 Å². The van der Waals surface area contributed by atoms with E-state index in [-0.39, 0.29) is 17.3 Å². The van der Waals surface area contributed by atoms with Crippen LogP contribution in [0.1, 0.15) is 29.8 Å². The summed E-state index contributed by atoms with van der Waals surface area (Å²) in [6.45, 7) is 4.31. The summed E-state index contributed by atoms with van der Waals surface area (Å²) in [7, 11) is 0. The van der Waals surface area contributed by atoms with E-state index in [0.29, 0.717) is 28.6 Å². The van der Waals surface area contributed by atoms with E-state index in [1.165, 1.54) is 53.4 Å². The minimum Gasteiger partial charge on any atom is -0.494 e. The molecule has 11 nitrogen and oxygen atoms in total. The Balaban J connectivity index is 1.20. The van der Waals surface area contributed by atoms with Crippen LogP contribution in [-0.2, 0) is 9.59 Å². The van der Waals surface area contributed by atoms with Gasteiger partial charge in [-0.1, -0.05) is 18.2 Å². The molecule has 5 rings (SSSR count). The highest BCUT2D eigenvalue weighted by Crippen LogP contribution is 2.29. The zero-order valence-corrected chi connectivity index (χ0v) is 28.0. The molecule has 0 saturated carbocycles. The first-order valence-corrected chi connectivity index (χ1v) is 16.8. The lowest BCUT2D eigenvalue weighted by atomic mass is 10.1. The molecule has 0 aliphatic rings. The second-order valence-corrected chi connectivity index (χ2v) is 12.7. The standard InChI is InChI=1S/C36H31N5O6S2/c1-3-47-29-17-11-25(12-18-29)32-22-48-36(39-32)40-33(42)23(2)49-30-19-13-27(14-20-30)37-35(44)31(38-34(43)26-7-5-4-6-8-26)21-24-9-15-28(16-10-24)41(45)46/h4-23H,3H2,1-2H3,(H,37,44)(H,38,43)(H,39,40,42)/b31-21-. The predicted molar refractivity (Wildman–Crippen MR) is 193 cm³/mol. The Morgan fingerprint density at radius 2 is 1.63 bits per heavy atom. The third-order valence-electron chi connectivity index (χ3n) is 6.93. The van der Waals surface area contributed by atoms with Crippen molar-refractivity contribution < 1.29 is 24.0 Å². The molecule has 1 atom stereocenters. The van der Waals surface area contributed by atoms with Gasteiger partial charge in [0.1, 0.15) is 11.4 Å². The van der Waals surface area contributed by atoms with Crippen molar-refractivity contribution >= 4 is 63.4 Å². The van der Waals surface area contributed by atoms with Gasteiger partial charge in [-0.05, 0) is 98.3 Å². The van der Waals surface area contributed by atoms with Gasteiger partial charge in [0.2, 0.25) is 5.91 Å². The van der Waals surface area contributed by atoms with Gasteiger partial charge in [-0.15, -0.1) is 23.1 Å². The highest BCUT2D eigenvalue weighted by atomic mass is 32.2. The van der Waals surface area contributed by atoms with Gasteiger partial charge in [-0.3, -0.25) is 24.5 Å². The minimum absolute atomic E-state index is 0.0562. The number of benzene rings is 4. The number of thiazole rings is 1. The molecule has 0 aliphatic heterocycles. The first kappa shape index (κ1) is 34.5. The summed E-state index contributed by atoms with van der Waals surface area (Å²) in [6, 6.07) is 28.6. The number of nitro groups is 1. The summed E-state index contributed by atoms with van der Waals surface area (Å²) >= 11 is 2.69. The Bertz CT molecular complexity index is 1960. The summed E-state index contributed by atoms with van der Waals surface area (Å²) in [5, 5.41) is 21.3. The second-order valence-electron chi connectivity index (χ2n) is 10.4. The average Bonchev–Trinajstić information content (AvgIpc) is 3.58. The van der Waals surface area contributed by atoms with Crippen molar-refractivity contribution in [3.05, 3.63) is 135 Å². The number of hydrogen-bond acceptors (Lipinski definition) is 9. The van der Waals surface area contributed by atoms with Crippen LogP contribution in [0.4, 0.5) is 16.5 Å². The molecule has 0 fully saturated rings. The number of aromatic nitrogens is 1. The van der Waals surface area contributed by atoms with Crippen molar-refractivity contribution in [2.45, 2.75) is 24.0 Å². The lowest BCUT2D eigenvalue weighted by molar-refractivity contribution is -0.384. The maximum Gasteiger partial charge on any atom is 0.272 e. The maximum atomic E-state index is 13.3. The van der Waals surface area contributed by atoms with Gasteiger partial charge < -0.3 is 20.7 Å². The van der Waals surface area contributed by atoms with Crippen LogP contribution in [-0.4, -0.2) is 39.5 Å². The van der Waals surface area contributed by atoms with E-state index < -0.39 is 22.0 Å². The zero-order chi connectivity index (χ0) is 34.8. The van der Waals surface area contributed by atoms with Gasteiger partial charge in [0.15, 0.2) is 5.13 Å². The number of carbonyl (C=O) groups is 3. The fraction of sp³-hybridized carbons (Fsp3) is 0.111. The molecule has 13 heteroatoms. The van der Waals surface area contributed by atoms with Crippen LogP contribution in [0.5, 0.6) is 5.75 Å². The van der Waals surface area contributed by atoms with Crippen LogP contribution in [0.15, 0.2) is 119 Å². The third kappa shape index (κ3) is 9.62. The third-order valence-corrected chi connectivity index (χ3v) is 8.80. The van der Waals surface area contributed by atoms with Gasteiger partial charge in [0, 0.05) is 39.2 Å². The number of carbonyl (C=O) groups excluding carboxylic acids is 3. The molecule has 3 N–H and O–H groups in total. The molecule has 0 spiro atoms. The number of non-ortho nitro benzene ring substituents is 1. The number of ether oxygens (including phenoxy) is 1. The van der Waals surface area contributed by atoms with Gasteiger partial charge >= 0.3 is 0 Å². The van der Waals surface area contributed by atoms with Crippen LogP contribution in [0.3, 0.4) is 0 Å². The smallest absolute Gasteiger partial charge is 0.272 e. The van der Waals surface area contributed by atoms with Crippen molar-refractivity contribution in [1.29, 1.82) is 0 Å². The van der Waals surface area contributed by atoms with Gasteiger partial charge in [0.05, 0.1) is 22.5 Å². The number of amides is 3. The molecule has 1 aromatic heterocycles. The predicted octanol–water partition coefficient (Wildman–Crippen LogP) is 7.65. The molecular formula is C36H31N5O6S2.